The number of aromatic nitrogens is 4. The standard InChI is InChI=1S/C14H18N4O5/c1-2-22-12(21)3-8-13-14(16-6-15-8)18(7-17-13)11-4-9(20)10(5-19)23-11/h6-7,9-11,19-20H,2-5H2,1H3/t9-,10+,11+/m0/s1. The molecule has 0 radical (unpaired) electrons. The van der Waals surface area contributed by atoms with E-state index < -0.39 is 18.4 Å². The summed E-state index contributed by atoms with van der Waals surface area (Å²) in [5, 5.41) is 19.0. The van der Waals surface area contributed by atoms with E-state index in [1.54, 1.807) is 11.5 Å². The van der Waals surface area contributed by atoms with Gasteiger partial charge in [-0.25, -0.2) is 15.0 Å². The maximum Gasteiger partial charge on any atom is 0.311 e. The Hall–Kier alpha value is -2.10. The zero-order valence-corrected chi connectivity index (χ0v) is 12.6. The quantitative estimate of drug-likeness (QED) is 0.712. The maximum absolute atomic E-state index is 11.6. The predicted octanol–water partition coefficient (Wildman–Crippen LogP) is -0.427. The van der Waals surface area contributed by atoms with Gasteiger partial charge in [0.2, 0.25) is 0 Å². The summed E-state index contributed by atoms with van der Waals surface area (Å²) < 4.78 is 12.2. The van der Waals surface area contributed by atoms with Gasteiger partial charge in [-0.15, -0.1) is 0 Å². The van der Waals surface area contributed by atoms with Crippen LogP contribution in [-0.4, -0.2) is 61.1 Å². The van der Waals surface area contributed by atoms with Crippen molar-refractivity contribution < 1.29 is 24.5 Å². The molecule has 1 fully saturated rings. The van der Waals surface area contributed by atoms with E-state index in [4.69, 9.17) is 9.47 Å². The number of nitrogens with zero attached hydrogens (tertiary/aromatic N) is 4. The highest BCUT2D eigenvalue weighted by molar-refractivity contribution is 5.80. The molecule has 2 N–H and O–H groups in total. The molecule has 124 valence electrons. The van der Waals surface area contributed by atoms with Crippen molar-refractivity contribution in [3.8, 4) is 0 Å². The van der Waals surface area contributed by atoms with Crippen LogP contribution in [0.15, 0.2) is 12.7 Å². The lowest BCUT2D eigenvalue weighted by Crippen LogP contribution is -2.24. The number of ether oxygens (including phenoxy) is 2. The van der Waals surface area contributed by atoms with Crippen LogP contribution >= 0.6 is 0 Å². The topological polar surface area (TPSA) is 120 Å². The minimum Gasteiger partial charge on any atom is -0.466 e. The first-order chi connectivity index (χ1) is 11.1. The minimum atomic E-state index is -0.747. The lowest BCUT2D eigenvalue weighted by atomic mass is 10.2. The summed E-state index contributed by atoms with van der Waals surface area (Å²) >= 11 is 0. The van der Waals surface area contributed by atoms with Crippen molar-refractivity contribution in [2.24, 2.45) is 0 Å². The third kappa shape index (κ3) is 3.03. The van der Waals surface area contributed by atoms with Gasteiger partial charge in [0.05, 0.1) is 37.8 Å². The Morgan fingerprint density at radius 3 is 3.00 bits per heavy atom. The molecule has 9 heteroatoms. The molecule has 2 aromatic heterocycles. The van der Waals surface area contributed by atoms with E-state index in [1.807, 2.05) is 0 Å². The van der Waals surface area contributed by atoms with Gasteiger partial charge < -0.3 is 19.7 Å². The summed E-state index contributed by atoms with van der Waals surface area (Å²) in [5.41, 5.74) is 1.48. The number of hydrogen-bond acceptors (Lipinski definition) is 8. The number of hydrogen-bond donors (Lipinski definition) is 2. The molecule has 1 saturated heterocycles. The summed E-state index contributed by atoms with van der Waals surface area (Å²) in [4.78, 5) is 24.2. The number of esters is 1. The molecule has 0 spiro atoms. The molecule has 3 heterocycles. The molecule has 3 rings (SSSR count). The second kappa shape index (κ2) is 6.57. The lowest BCUT2D eigenvalue weighted by molar-refractivity contribution is -0.142. The Kier molecular flexibility index (Phi) is 4.51. The van der Waals surface area contributed by atoms with Gasteiger partial charge in [0.1, 0.15) is 24.2 Å². The Morgan fingerprint density at radius 2 is 2.30 bits per heavy atom. The highest BCUT2D eigenvalue weighted by atomic mass is 16.5. The number of fused-ring (bicyclic) bond motifs is 1. The van der Waals surface area contributed by atoms with E-state index in [-0.39, 0.29) is 19.0 Å². The fraction of sp³-hybridized carbons (Fsp3) is 0.571. The molecule has 3 atom stereocenters. The van der Waals surface area contributed by atoms with Gasteiger partial charge in [-0.2, -0.15) is 0 Å². The summed E-state index contributed by atoms with van der Waals surface area (Å²) in [5.74, 6) is -0.380. The molecule has 9 nitrogen and oxygen atoms in total. The highest BCUT2D eigenvalue weighted by Gasteiger charge is 2.35. The largest absolute Gasteiger partial charge is 0.466 e. The van der Waals surface area contributed by atoms with Crippen LogP contribution in [0.5, 0.6) is 0 Å². The van der Waals surface area contributed by atoms with E-state index in [2.05, 4.69) is 15.0 Å². The van der Waals surface area contributed by atoms with E-state index >= 15 is 0 Å². The van der Waals surface area contributed by atoms with E-state index in [0.717, 1.165) is 0 Å². The van der Waals surface area contributed by atoms with E-state index in [0.29, 0.717) is 29.9 Å². The van der Waals surface area contributed by atoms with Crippen LogP contribution in [0.4, 0.5) is 0 Å². The minimum absolute atomic E-state index is 0.0112. The zero-order chi connectivity index (χ0) is 16.4. The molecule has 0 amide bonds. The fourth-order valence-corrected chi connectivity index (χ4v) is 2.64. The molecule has 0 unspecified atom stereocenters. The summed E-state index contributed by atoms with van der Waals surface area (Å²) in [6, 6.07) is 0. The number of aliphatic hydroxyl groups is 2. The Labute approximate surface area is 131 Å². The molecule has 0 bridgehead atoms. The van der Waals surface area contributed by atoms with Crippen LogP contribution in [0.1, 0.15) is 25.3 Å². The second-order valence-corrected chi connectivity index (χ2v) is 5.24. The molecule has 0 aromatic carbocycles. The first-order valence-electron chi connectivity index (χ1n) is 7.40. The van der Waals surface area contributed by atoms with E-state index in [9.17, 15) is 15.0 Å². The molecule has 0 aliphatic carbocycles. The van der Waals surface area contributed by atoms with Gasteiger partial charge in [0, 0.05) is 6.42 Å². The normalized spacial score (nSPS) is 24.2. The van der Waals surface area contributed by atoms with Gasteiger partial charge in [-0.1, -0.05) is 0 Å². The summed E-state index contributed by atoms with van der Waals surface area (Å²) in [6.07, 6.45) is 1.37. The highest BCUT2D eigenvalue weighted by Crippen LogP contribution is 2.30. The van der Waals surface area contributed by atoms with Crippen molar-refractivity contribution in [3.05, 3.63) is 18.3 Å². The van der Waals surface area contributed by atoms with Crippen molar-refractivity contribution in [3.63, 3.8) is 0 Å². The molecule has 0 saturated carbocycles. The smallest absolute Gasteiger partial charge is 0.311 e. The summed E-state index contributed by atoms with van der Waals surface area (Å²) in [6.45, 7) is 1.79. The van der Waals surface area contributed by atoms with Gasteiger partial charge in [0.25, 0.3) is 0 Å². The predicted molar refractivity (Wildman–Crippen MR) is 77.3 cm³/mol. The van der Waals surface area contributed by atoms with E-state index in [1.165, 1.54) is 12.7 Å². The molecule has 1 aliphatic heterocycles. The van der Waals surface area contributed by atoms with Crippen LogP contribution in [0, 0.1) is 0 Å². The van der Waals surface area contributed by atoms with Crippen LogP contribution in [-0.2, 0) is 20.7 Å². The van der Waals surface area contributed by atoms with Crippen molar-refractivity contribution in [2.45, 2.75) is 38.2 Å². The second-order valence-electron chi connectivity index (χ2n) is 5.24. The number of aliphatic hydroxyl groups excluding tert-OH is 2. The van der Waals surface area contributed by atoms with Gasteiger partial charge >= 0.3 is 5.97 Å². The molecular weight excluding hydrogens is 304 g/mol. The Balaban J connectivity index is 1.88. The van der Waals surface area contributed by atoms with Crippen molar-refractivity contribution in [1.29, 1.82) is 0 Å². The van der Waals surface area contributed by atoms with Crippen molar-refractivity contribution in [2.75, 3.05) is 13.2 Å². The molecule has 23 heavy (non-hydrogen) atoms. The fourth-order valence-electron chi connectivity index (χ4n) is 2.64. The molecule has 2 aromatic rings. The van der Waals surface area contributed by atoms with Crippen LogP contribution in [0.2, 0.25) is 0 Å². The van der Waals surface area contributed by atoms with Crippen molar-refractivity contribution in [1.82, 2.24) is 19.5 Å². The SMILES string of the molecule is CCOC(=O)Cc1ncnc2c1ncn2[C@H]1C[C@H](O)[C@@H](CO)O1. The first-order valence-corrected chi connectivity index (χ1v) is 7.40. The zero-order valence-electron chi connectivity index (χ0n) is 12.6. The molecular formula is C14H18N4O5. The van der Waals surface area contributed by atoms with Gasteiger partial charge in [-0.3, -0.25) is 9.36 Å². The van der Waals surface area contributed by atoms with Gasteiger partial charge in [-0.05, 0) is 6.92 Å². The molecule has 1 aliphatic rings. The first kappa shape index (κ1) is 15.8. The summed E-state index contributed by atoms with van der Waals surface area (Å²) in [7, 11) is 0. The Morgan fingerprint density at radius 1 is 1.48 bits per heavy atom. The third-order valence-electron chi connectivity index (χ3n) is 3.75. The average Bonchev–Trinajstić information content (AvgIpc) is 3.11. The lowest BCUT2D eigenvalue weighted by Gasteiger charge is -2.13. The maximum atomic E-state index is 11.6. The average molecular weight is 322 g/mol. The Bertz CT molecular complexity index is 704. The van der Waals surface area contributed by atoms with Crippen LogP contribution in [0.3, 0.4) is 0 Å². The van der Waals surface area contributed by atoms with Crippen molar-refractivity contribution >= 4 is 17.1 Å². The number of imidazole rings is 1. The van der Waals surface area contributed by atoms with Crippen LogP contribution in [0.25, 0.3) is 11.2 Å². The monoisotopic (exact) mass is 322 g/mol. The third-order valence-corrected chi connectivity index (χ3v) is 3.75. The number of rotatable bonds is 5. The number of carbonyl (C=O) groups is 1. The van der Waals surface area contributed by atoms with Crippen LogP contribution < -0.4 is 0 Å². The van der Waals surface area contributed by atoms with Gasteiger partial charge in [0.15, 0.2) is 5.65 Å². The number of carbonyl (C=O) groups excluding carboxylic acids is 1.